The van der Waals surface area contributed by atoms with Crippen LogP contribution in [-0.4, -0.2) is 69.3 Å². The van der Waals surface area contributed by atoms with Gasteiger partial charge < -0.3 is 15.0 Å². The highest BCUT2D eigenvalue weighted by atomic mass is 32.2. The fourth-order valence-electron chi connectivity index (χ4n) is 4.13. The second-order valence-corrected chi connectivity index (χ2v) is 8.85. The molecular formula is C18H25N3O5S. The Labute approximate surface area is 159 Å². The average molecular weight is 395 g/mol. The molecule has 2 heterocycles. The summed E-state index contributed by atoms with van der Waals surface area (Å²) in [5, 5.41) is 2.49. The van der Waals surface area contributed by atoms with Crippen LogP contribution < -0.4 is 10.1 Å². The number of hydrogen-bond acceptors (Lipinski definition) is 5. The predicted octanol–water partition coefficient (Wildman–Crippen LogP) is 0.830. The number of methoxy groups -OCH3 is 1. The maximum atomic E-state index is 13.4. The Balaban J connectivity index is 2.06. The molecule has 1 unspecified atom stereocenters. The van der Waals surface area contributed by atoms with Crippen LogP contribution in [0.1, 0.15) is 36.0 Å². The Bertz CT molecular complexity index is 870. The van der Waals surface area contributed by atoms with Crippen LogP contribution in [0.25, 0.3) is 0 Å². The smallest absolute Gasteiger partial charge is 0.254 e. The Morgan fingerprint density at radius 2 is 1.89 bits per heavy atom. The van der Waals surface area contributed by atoms with Gasteiger partial charge in [-0.05, 0) is 43.9 Å². The summed E-state index contributed by atoms with van der Waals surface area (Å²) in [4.78, 5) is 26.6. The third-order valence-electron chi connectivity index (χ3n) is 5.49. The molecule has 0 aromatic heterocycles. The highest BCUT2D eigenvalue weighted by Crippen LogP contribution is 2.41. The molecule has 2 fully saturated rings. The molecule has 148 valence electrons. The minimum atomic E-state index is -3.94. The van der Waals surface area contributed by atoms with E-state index in [1.807, 2.05) is 0 Å². The molecular weight excluding hydrogens is 370 g/mol. The number of likely N-dealkylation sites (tertiary alicyclic amines) is 1. The summed E-state index contributed by atoms with van der Waals surface area (Å²) < 4.78 is 33.3. The molecule has 2 saturated heterocycles. The van der Waals surface area contributed by atoms with Gasteiger partial charge in [0.05, 0.1) is 17.6 Å². The summed E-state index contributed by atoms with van der Waals surface area (Å²) in [7, 11) is 0.656. The summed E-state index contributed by atoms with van der Waals surface area (Å²) in [6, 6.07) is 4.20. The number of ether oxygens (including phenoxy) is 1. The van der Waals surface area contributed by atoms with Gasteiger partial charge in [0.2, 0.25) is 15.9 Å². The van der Waals surface area contributed by atoms with Crippen LogP contribution in [0.3, 0.4) is 0 Å². The molecule has 1 N–H and O–H groups in total. The number of likely N-dealkylation sites (N-methyl/N-ethyl adjacent to an activating group) is 1. The topological polar surface area (TPSA) is 96.0 Å². The predicted molar refractivity (Wildman–Crippen MR) is 99.1 cm³/mol. The first-order valence-electron chi connectivity index (χ1n) is 8.96. The van der Waals surface area contributed by atoms with Crippen molar-refractivity contribution in [3.05, 3.63) is 23.8 Å². The van der Waals surface area contributed by atoms with Crippen molar-refractivity contribution in [2.45, 2.75) is 36.1 Å². The Hall–Kier alpha value is -2.13. The first-order valence-corrected chi connectivity index (χ1v) is 10.4. The summed E-state index contributed by atoms with van der Waals surface area (Å²) in [6.07, 6.45) is 2.44. The van der Waals surface area contributed by atoms with Crippen molar-refractivity contribution in [2.75, 3.05) is 34.3 Å². The van der Waals surface area contributed by atoms with E-state index in [1.54, 1.807) is 11.9 Å². The van der Waals surface area contributed by atoms with E-state index in [2.05, 4.69) is 5.32 Å². The maximum Gasteiger partial charge on any atom is 0.254 e. The van der Waals surface area contributed by atoms with Gasteiger partial charge in [-0.3, -0.25) is 9.59 Å². The summed E-state index contributed by atoms with van der Waals surface area (Å²) in [5.41, 5.74) is -0.875. The number of piperidine rings is 1. The molecule has 1 spiro atoms. The number of rotatable bonds is 4. The van der Waals surface area contributed by atoms with Crippen LogP contribution in [0.2, 0.25) is 0 Å². The highest BCUT2D eigenvalue weighted by molar-refractivity contribution is 7.89. The number of nitrogens with zero attached hydrogens (tertiary/aromatic N) is 2. The third-order valence-corrected chi connectivity index (χ3v) is 7.45. The van der Waals surface area contributed by atoms with E-state index in [-0.39, 0.29) is 22.1 Å². The molecule has 0 radical (unpaired) electrons. The number of carbonyl (C=O) groups is 2. The molecule has 1 atom stereocenters. The molecule has 9 heteroatoms. The van der Waals surface area contributed by atoms with Gasteiger partial charge in [-0.2, -0.15) is 4.31 Å². The molecule has 3 rings (SSSR count). The molecule has 8 nitrogen and oxygen atoms in total. The molecule has 1 aromatic rings. The Kier molecular flexibility index (Phi) is 5.18. The number of nitrogens with one attached hydrogen (secondary N) is 1. The van der Waals surface area contributed by atoms with Gasteiger partial charge in [-0.25, -0.2) is 8.42 Å². The van der Waals surface area contributed by atoms with E-state index in [0.717, 1.165) is 6.42 Å². The van der Waals surface area contributed by atoms with E-state index >= 15 is 0 Å². The van der Waals surface area contributed by atoms with Crippen molar-refractivity contribution in [1.29, 1.82) is 0 Å². The molecule has 0 bridgehead atoms. The number of benzene rings is 1. The average Bonchev–Trinajstić information content (AvgIpc) is 3.10. The van der Waals surface area contributed by atoms with Crippen LogP contribution in [-0.2, 0) is 14.8 Å². The summed E-state index contributed by atoms with van der Waals surface area (Å²) >= 11 is 0. The zero-order valence-corrected chi connectivity index (χ0v) is 16.6. The molecule has 2 aliphatic rings. The van der Waals surface area contributed by atoms with Gasteiger partial charge in [-0.15, -0.1) is 0 Å². The van der Waals surface area contributed by atoms with Crippen LogP contribution >= 0.6 is 0 Å². The maximum absolute atomic E-state index is 13.4. The van der Waals surface area contributed by atoms with E-state index < -0.39 is 21.5 Å². The standard InChI is InChI=1S/C18H25N3O5S/c1-19-16(22)14-12-13(6-7-15(14)26-3)27(24,25)21-11-5-9-18(21)8-4-10-20(2)17(18)23/h6-7,12H,4-5,8-11H2,1-3H3,(H,19,22). The second kappa shape index (κ2) is 7.12. The molecule has 0 aliphatic carbocycles. The van der Waals surface area contributed by atoms with Gasteiger partial charge in [0.25, 0.3) is 5.91 Å². The van der Waals surface area contributed by atoms with Crippen molar-refractivity contribution in [2.24, 2.45) is 0 Å². The van der Waals surface area contributed by atoms with Crippen LogP contribution in [0.5, 0.6) is 5.75 Å². The van der Waals surface area contributed by atoms with Gasteiger partial charge in [0, 0.05) is 27.2 Å². The van der Waals surface area contributed by atoms with Crippen LogP contribution in [0, 0.1) is 0 Å². The minimum absolute atomic E-state index is 0.01000. The number of hydrogen-bond donors (Lipinski definition) is 1. The van der Waals surface area contributed by atoms with Gasteiger partial charge in [0.1, 0.15) is 11.3 Å². The number of sulfonamides is 1. The van der Waals surface area contributed by atoms with E-state index in [1.165, 1.54) is 36.7 Å². The van der Waals surface area contributed by atoms with Gasteiger partial charge in [0.15, 0.2) is 0 Å². The van der Waals surface area contributed by atoms with Crippen LogP contribution in [0.4, 0.5) is 0 Å². The van der Waals surface area contributed by atoms with Crippen molar-refractivity contribution in [3.8, 4) is 5.75 Å². The van der Waals surface area contributed by atoms with Gasteiger partial charge in [-0.1, -0.05) is 0 Å². The molecule has 2 amide bonds. The Morgan fingerprint density at radius 3 is 2.52 bits per heavy atom. The lowest BCUT2D eigenvalue weighted by molar-refractivity contribution is -0.142. The minimum Gasteiger partial charge on any atom is -0.496 e. The monoisotopic (exact) mass is 395 g/mol. The lowest BCUT2D eigenvalue weighted by Gasteiger charge is -2.42. The fourth-order valence-corrected chi connectivity index (χ4v) is 5.98. The van der Waals surface area contributed by atoms with Gasteiger partial charge >= 0.3 is 0 Å². The summed E-state index contributed by atoms with van der Waals surface area (Å²) in [6.45, 7) is 0.932. The van der Waals surface area contributed by atoms with Crippen LogP contribution in [0.15, 0.2) is 23.1 Å². The first-order chi connectivity index (χ1) is 12.8. The number of amides is 2. The zero-order valence-electron chi connectivity index (χ0n) is 15.8. The second-order valence-electron chi connectivity index (χ2n) is 6.98. The molecule has 2 aliphatic heterocycles. The van der Waals surface area contributed by atoms with E-state index in [0.29, 0.717) is 32.4 Å². The lowest BCUT2D eigenvalue weighted by Crippen LogP contribution is -2.60. The third kappa shape index (κ3) is 3.08. The molecule has 27 heavy (non-hydrogen) atoms. The SMILES string of the molecule is CNC(=O)c1cc(S(=O)(=O)N2CCCC23CCCN(C)C3=O)ccc1OC. The lowest BCUT2D eigenvalue weighted by atomic mass is 9.87. The quantitative estimate of drug-likeness (QED) is 0.815. The molecule has 1 aromatic carbocycles. The number of carbonyl (C=O) groups excluding carboxylic acids is 2. The van der Waals surface area contributed by atoms with Crippen molar-refractivity contribution < 1.29 is 22.7 Å². The first kappa shape index (κ1) is 19.6. The Morgan fingerprint density at radius 1 is 1.22 bits per heavy atom. The van der Waals surface area contributed by atoms with E-state index in [4.69, 9.17) is 4.74 Å². The largest absolute Gasteiger partial charge is 0.496 e. The van der Waals surface area contributed by atoms with Crippen molar-refractivity contribution in [3.63, 3.8) is 0 Å². The van der Waals surface area contributed by atoms with Crippen molar-refractivity contribution in [1.82, 2.24) is 14.5 Å². The fraction of sp³-hybridized carbons (Fsp3) is 0.556. The zero-order chi connectivity index (χ0) is 19.8. The highest BCUT2D eigenvalue weighted by Gasteiger charge is 2.54. The normalized spacial score (nSPS) is 23.7. The van der Waals surface area contributed by atoms with E-state index in [9.17, 15) is 18.0 Å². The molecule has 0 saturated carbocycles. The van der Waals surface area contributed by atoms with Crippen molar-refractivity contribution >= 4 is 21.8 Å². The summed E-state index contributed by atoms with van der Waals surface area (Å²) in [5.74, 6) is -0.290.